The first-order valence-electron chi connectivity index (χ1n) is 8.65. The molecule has 0 saturated heterocycles. The van der Waals surface area contributed by atoms with Crippen molar-refractivity contribution in [1.82, 2.24) is 5.32 Å². The molecule has 2 aromatic carbocycles. The van der Waals surface area contributed by atoms with Crippen LogP contribution in [0.4, 0.5) is 0 Å². The van der Waals surface area contributed by atoms with Crippen LogP contribution in [0.25, 0.3) is 0 Å². The second kappa shape index (κ2) is 6.32. The Morgan fingerprint density at radius 1 is 1.07 bits per heavy atom. The van der Waals surface area contributed by atoms with Crippen molar-refractivity contribution in [3.63, 3.8) is 0 Å². The molecule has 0 radical (unpaired) electrons. The predicted octanol–water partition coefficient (Wildman–Crippen LogP) is 2.49. The van der Waals surface area contributed by atoms with Crippen LogP contribution in [0.2, 0.25) is 0 Å². The predicted molar refractivity (Wildman–Crippen MR) is 96.0 cm³/mol. The van der Waals surface area contributed by atoms with E-state index in [1.165, 1.54) is 30.3 Å². The molecule has 1 heterocycles. The van der Waals surface area contributed by atoms with Crippen molar-refractivity contribution in [1.29, 1.82) is 5.26 Å². The molecule has 0 spiro atoms. The fourth-order valence-electron chi connectivity index (χ4n) is 3.72. The van der Waals surface area contributed by atoms with Crippen molar-refractivity contribution < 1.29 is 18.0 Å². The van der Waals surface area contributed by atoms with Crippen LogP contribution < -0.4 is 5.32 Å². The van der Waals surface area contributed by atoms with Gasteiger partial charge in [-0.3, -0.25) is 9.59 Å². The van der Waals surface area contributed by atoms with Crippen molar-refractivity contribution in [2.45, 2.75) is 35.1 Å². The third kappa shape index (κ3) is 2.82. The monoisotopic (exact) mass is 380 g/mol. The van der Waals surface area contributed by atoms with Gasteiger partial charge in [-0.2, -0.15) is 5.26 Å². The van der Waals surface area contributed by atoms with E-state index in [-0.39, 0.29) is 44.2 Å². The summed E-state index contributed by atoms with van der Waals surface area (Å²) < 4.78 is 25.8. The third-order valence-corrected chi connectivity index (χ3v) is 7.00. The Kier molecular flexibility index (Phi) is 4.08. The SMILES string of the molecule is N#C[C@@H]1CC[C@H](NC(=O)c2ccc3c(c2)S(=O)(=O)c2ccccc2C3=O)C1. The molecule has 0 bridgehead atoms. The lowest BCUT2D eigenvalue weighted by atomic mass is 10.0. The molecule has 1 aliphatic heterocycles. The lowest BCUT2D eigenvalue weighted by Crippen LogP contribution is -2.33. The van der Waals surface area contributed by atoms with Crippen LogP contribution in [0.15, 0.2) is 52.3 Å². The smallest absolute Gasteiger partial charge is 0.251 e. The van der Waals surface area contributed by atoms with Crippen molar-refractivity contribution in [2.75, 3.05) is 0 Å². The van der Waals surface area contributed by atoms with Gasteiger partial charge in [-0.05, 0) is 49.6 Å². The molecule has 6 nitrogen and oxygen atoms in total. The molecule has 136 valence electrons. The Balaban J connectivity index is 1.68. The van der Waals surface area contributed by atoms with Crippen molar-refractivity contribution >= 4 is 21.5 Å². The minimum Gasteiger partial charge on any atom is -0.349 e. The molecule has 7 heteroatoms. The van der Waals surface area contributed by atoms with Gasteiger partial charge >= 0.3 is 0 Å². The number of hydrogen-bond acceptors (Lipinski definition) is 5. The van der Waals surface area contributed by atoms with Gasteiger partial charge in [-0.25, -0.2) is 8.42 Å². The molecule has 1 amide bonds. The number of nitrogens with one attached hydrogen (secondary N) is 1. The summed E-state index contributed by atoms with van der Waals surface area (Å²) in [4.78, 5) is 25.0. The summed E-state index contributed by atoms with van der Waals surface area (Å²) in [6, 6.07) is 12.3. The van der Waals surface area contributed by atoms with E-state index < -0.39 is 15.7 Å². The first-order valence-corrected chi connectivity index (χ1v) is 10.1. The number of nitriles is 1. The van der Waals surface area contributed by atoms with Crippen molar-refractivity contribution in [2.24, 2.45) is 5.92 Å². The molecule has 1 fully saturated rings. The molecule has 1 saturated carbocycles. The summed E-state index contributed by atoms with van der Waals surface area (Å²) >= 11 is 0. The van der Waals surface area contributed by atoms with Crippen LogP contribution >= 0.6 is 0 Å². The molecule has 0 unspecified atom stereocenters. The summed E-state index contributed by atoms with van der Waals surface area (Å²) in [6.07, 6.45) is 2.06. The zero-order valence-electron chi connectivity index (χ0n) is 14.3. The molecule has 4 rings (SSSR count). The Bertz CT molecular complexity index is 1120. The molecule has 1 N–H and O–H groups in total. The minimum absolute atomic E-state index is 0.0345. The lowest BCUT2D eigenvalue weighted by Gasteiger charge is -2.19. The van der Waals surface area contributed by atoms with E-state index in [4.69, 9.17) is 5.26 Å². The first-order chi connectivity index (χ1) is 12.9. The number of carbonyl (C=O) groups is 2. The number of carbonyl (C=O) groups excluding carboxylic acids is 2. The molecule has 0 aromatic heterocycles. The van der Waals surface area contributed by atoms with E-state index in [9.17, 15) is 18.0 Å². The molecule has 1 aliphatic carbocycles. The van der Waals surface area contributed by atoms with Crippen LogP contribution in [-0.2, 0) is 9.84 Å². The molecular formula is C20H16N2O4S. The zero-order valence-corrected chi connectivity index (χ0v) is 15.1. The standard InChI is InChI=1S/C20H16N2O4S/c21-11-12-5-7-14(9-12)22-20(24)13-6-8-16-18(10-13)27(25,26)17-4-2-1-3-15(17)19(16)23/h1-4,6,8,10,12,14H,5,7,9H2,(H,22,24)/t12-,14+/m1/s1. The average Bonchev–Trinajstić information content (AvgIpc) is 3.13. The highest BCUT2D eigenvalue weighted by Crippen LogP contribution is 2.35. The molecule has 27 heavy (non-hydrogen) atoms. The second-order valence-corrected chi connectivity index (χ2v) is 8.74. The first kappa shape index (κ1) is 17.4. The van der Waals surface area contributed by atoms with Crippen LogP contribution in [0, 0.1) is 17.2 Å². The fourth-order valence-corrected chi connectivity index (χ4v) is 5.40. The van der Waals surface area contributed by atoms with Crippen molar-refractivity contribution in [3.05, 3.63) is 59.2 Å². The summed E-state index contributed by atoms with van der Waals surface area (Å²) in [5, 5.41) is 11.8. The summed E-state index contributed by atoms with van der Waals surface area (Å²) in [6.45, 7) is 0. The van der Waals surface area contributed by atoms with Gasteiger partial charge in [0.1, 0.15) is 0 Å². The molecule has 2 aromatic rings. The summed E-state index contributed by atoms with van der Waals surface area (Å²) in [5.41, 5.74) is 0.413. The van der Waals surface area contributed by atoms with Crippen LogP contribution in [0.1, 0.15) is 45.5 Å². The Morgan fingerprint density at radius 2 is 1.81 bits per heavy atom. The van der Waals surface area contributed by atoms with Crippen LogP contribution in [-0.4, -0.2) is 26.2 Å². The van der Waals surface area contributed by atoms with Gasteiger partial charge in [0, 0.05) is 28.7 Å². The fraction of sp³-hybridized carbons (Fsp3) is 0.250. The largest absolute Gasteiger partial charge is 0.349 e. The number of rotatable bonds is 2. The van der Waals surface area contributed by atoms with Crippen molar-refractivity contribution in [3.8, 4) is 6.07 Å². The number of nitrogens with zero attached hydrogens (tertiary/aromatic N) is 1. The number of benzene rings is 2. The quantitative estimate of drug-likeness (QED) is 0.735. The Labute approximate surface area is 156 Å². The van der Waals surface area contributed by atoms with Gasteiger partial charge in [-0.15, -0.1) is 0 Å². The lowest BCUT2D eigenvalue weighted by molar-refractivity contribution is 0.0935. The number of amides is 1. The van der Waals surface area contributed by atoms with Gasteiger partial charge in [0.2, 0.25) is 9.84 Å². The number of sulfone groups is 1. The van der Waals surface area contributed by atoms with Gasteiger partial charge in [0.25, 0.3) is 5.91 Å². The van der Waals surface area contributed by atoms with E-state index in [0.29, 0.717) is 6.42 Å². The maximum atomic E-state index is 12.9. The van der Waals surface area contributed by atoms with Gasteiger partial charge in [0.05, 0.1) is 15.9 Å². The average molecular weight is 380 g/mol. The normalized spacial score (nSPS) is 22.4. The van der Waals surface area contributed by atoms with E-state index in [0.717, 1.165) is 12.8 Å². The maximum absolute atomic E-state index is 12.9. The zero-order chi connectivity index (χ0) is 19.2. The third-order valence-electron chi connectivity index (χ3n) is 5.15. The van der Waals surface area contributed by atoms with E-state index in [1.54, 1.807) is 12.1 Å². The van der Waals surface area contributed by atoms with Crippen LogP contribution in [0.5, 0.6) is 0 Å². The highest BCUT2D eigenvalue weighted by molar-refractivity contribution is 7.91. The van der Waals surface area contributed by atoms with Gasteiger partial charge in [-0.1, -0.05) is 12.1 Å². The number of ketones is 1. The van der Waals surface area contributed by atoms with Crippen LogP contribution in [0.3, 0.4) is 0 Å². The number of fused-ring (bicyclic) bond motifs is 2. The number of hydrogen-bond donors (Lipinski definition) is 1. The maximum Gasteiger partial charge on any atom is 0.251 e. The van der Waals surface area contributed by atoms with Gasteiger partial charge < -0.3 is 5.32 Å². The highest BCUT2D eigenvalue weighted by atomic mass is 32.2. The summed E-state index contributed by atoms with van der Waals surface area (Å²) in [5.74, 6) is -0.828. The van der Waals surface area contributed by atoms with Gasteiger partial charge in [0.15, 0.2) is 5.78 Å². The Morgan fingerprint density at radius 3 is 2.56 bits per heavy atom. The van der Waals surface area contributed by atoms with E-state index >= 15 is 0 Å². The molecular weight excluding hydrogens is 364 g/mol. The second-order valence-electron chi connectivity index (χ2n) is 6.85. The highest BCUT2D eigenvalue weighted by Gasteiger charge is 2.35. The molecule has 2 atom stereocenters. The summed E-state index contributed by atoms with van der Waals surface area (Å²) in [7, 11) is -3.87. The van der Waals surface area contributed by atoms with E-state index in [1.807, 2.05) is 0 Å². The molecule has 2 aliphatic rings. The topological polar surface area (TPSA) is 104 Å². The van der Waals surface area contributed by atoms with E-state index in [2.05, 4.69) is 11.4 Å². The Hall–Kier alpha value is -2.98. The minimum atomic E-state index is -3.87.